The summed E-state index contributed by atoms with van der Waals surface area (Å²) in [5.41, 5.74) is 17.3. The Labute approximate surface area is 220 Å². The van der Waals surface area contributed by atoms with E-state index in [9.17, 15) is 29.4 Å². The van der Waals surface area contributed by atoms with Gasteiger partial charge in [0.15, 0.2) is 5.96 Å². The van der Waals surface area contributed by atoms with Gasteiger partial charge < -0.3 is 43.4 Å². The van der Waals surface area contributed by atoms with Crippen molar-refractivity contribution in [3.05, 3.63) is 35.9 Å². The summed E-state index contributed by atoms with van der Waals surface area (Å²) in [7, 11) is 0. The zero-order chi connectivity index (χ0) is 27.8. The summed E-state index contributed by atoms with van der Waals surface area (Å²) in [5, 5.41) is 26.5. The highest BCUT2D eigenvalue weighted by molar-refractivity contribution is 7.98. The lowest BCUT2D eigenvalue weighted by molar-refractivity contribution is -0.142. The van der Waals surface area contributed by atoms with Crippen molar-refractivity contribution in [2.75, 3.05) is 25.2 Å². The van der Waals surface area contributed by atoms with Crippen LogP contribution in [0, 0.1) is 0 Å². The van der Waals surface area contributed by atoms with E-state index in [1.165, 1.54) is 11.8 Å². The zero-order valence-electron chi connectivity index (χ0n) is 20.8. The smallest absolute Gasteiger partial charge is 0.326 e. The number of aliphatic carboxylic acids is 1. The van der Waals surface area contributed by atoms with Gasteiger partial charge in [-0.2, -0.15) is 11.8 Å². The molecule has 3 amide bonds. The van der Waals surface area contributed by atoms with Gasteiger partial charge in [0.1, 0.15) is 18.1 Å². The lowest BCUT2D eigenvalue weighted by atomic mass is 10.1. The van der Waals surface area contributed by atoms with E-state index in [0.717, 1.165) is 5.56 Å². The average molecular weight is 540 g/mol. The number of amides is 3. The highest BCUT2D eigenvalue weighted by Gasteiger charge is 2.29. The van der Waals surface area contributed by atoms with Crippen LogP contribution >= 0.6 is 11.8 Å². The first-order chi connectivity index (χ1) is 17.6. The minimum Gasteiger partial charge on any atom is -0.480 e. The SMILES string of the molecule is CSCCC(NC(=O)C(CO)NC(=O)C(N)Cc1ccccc1)C(=O)NC(CCCN=C(N)N)C(=O)O. The highest BCUT2D eigenvalue weighted by atomic mass is 32.2. The monoisotopic (exact) mass is 539 g/mol. The summed E-state index contributed by atoms with van der Waals surface area (Å²) < 4.78 is 0. The Morgan fingerprint density at radius 1 is 0.946 bits per heavy atom. The first kappa shape index (κ1) is 31.7. The van der Waals surface area contributed by atoms with Crippen molar-refractivity contribution in [1.82, 2.24) is 16.0 Å². The minimum absolute atomic E-state index is 0.0652. The molecule has 0 heterocycles. The van der Waals surface area contributed by atoms with Gasteiger partial charge in [-0.3, -0.25) is 19.4 Å². The van der Waals surface area contributed by atoms with Gasteiger partial charge in [-0.15, -0.1) is 0 Å². The lowest BCUT2D eigenvalue weighted by Crippen LogP contribution is -2.58. The number of carbonyl (C=O) groups is 4. The Kier molecular flexibility index (Phi) is 14.7. The molecule has 14 heteroatoms. The molecule has 0 saturated heterocycles. The summed E-state index contributed by atoms with van der Waals surface area (Å²) in [6.07, 6.45) is 2.60. The molecule has 11 N–H and O–H groups in total. The van der Waals surface area contributed by atoms with E-state index in [4.69, 9.17) is 17.2 Å². The predicted octanol–water partition coefficient (Wildman–Crippen LogP) is -2.11. The summed E-state index contributed by atoms with van der Waals surface area (Å²) in [6.45, 7) is -0.534. The number of benzene rings is 1. The van der Waals surface area contributed by atoms with Crippen LogP contribution in [0.15, 0.2) is 35.3 Å². The fraction of sp³-hybridized carbons (Fsp3) is 0.522. The zero-order valence-corrected chi connectivity index (χ0v) is 21.6. The summed E-state index contributed by atoms with van der Waals surface area (Å²) in [6, 6.07) is 4.43. The second kappa shape index (κ2) is 17.2. The molecular weight excluding hydrogens is 502 g/mol. The van der Waals surface area contributed by atoms with Gasteiger partial charge in [0.05, 0.1) is 12.6 Å². The van der Waals surface area contributed by atoms with Crippen molar-refractivity contribution in [3.63, 3.8) is 0 Å². The van der Waals surface area contributed by atoms with Crippen molar-refractivity contribution in [1.29, 1.82) is 0 Å². The Morgan fingerprint density at radius 3 is 2.11 bits per heavy atom. The molecule has 0 fully saturated rings. The molecule has 0 aliphatic carbocycles. The number of nitrogens with one attached hydrogen (secondary N) is 3. The molecule has 37 heavy (non-hydrogen) atoms. The molecule has 4 unspecified atom stereocenters. The number of aliphatic hydroxyl groups is 1. The van der Waals surface area contributed by atoms with Crippen LogP contribution in [0.4, 0.5) is 0 Å². The molecule has 0 aromatic heterocycles. The van der Waals surface area contributed by atoms with E-state index >= 15 is 0 Å². The Hall–Kier alpha value is -3.36. The molecule has 206 valence electrons. The number of thioether (sulfide) groups is 1. The first-order valence-corrected chi connectivity index (χ1v) is 13.1. The van der Waals surface area contributed by atoms with E-state index in [1.807, 2.05) is 36.6 Å². The second-order valence-corrected chi connectivity index (χ2v) is 9.22. The number of carbonyl (C=O) groups excluding carboxylic acids is 3. The third-order valence-electron chi connectivity index (χ3n) is 5.25. The van der Waals surface area contributed by atoms with Gasteiger partial charge in [0, 0.05) is 6.54 Å². The van der Waals surface area contributed by atoms with Crippen LogP contribution in [0.5, 0.6) is 0 Å². The lowest BCUT2D eigenvalue weighted by Gasteiger charge is -2.24. The van der Waals surface area contributed by atoms with Gasteiger partial charge in [-0.05, 0) is 43.3 Å². The summed E-state index contributed by atoms with van der Waals surface area (Å²) >= 11 is 1.43. The number of hydrogen-bond donors (Lipinski definition) is 8. The molecule has 4 atom stereocenters. The van der Waals surface area contributed by atoms with Crippen molar-refractivity contribution in [2.24, 2.45) is 22.2 Å². The van der Waals surface area contributed by atoms with Crippen molar-refractivity contribution < 1.29 is 29.4 Å². The first-order valence-electron chi connectivity index (χ1n) is 11.7. The van der Waals surface area contributed by atoms with Gasteiger partial charge >= 0.3 is 5.97 Å². The van der Waals surface area contributed by atoms with E-state index in [2.05, 4.69) is 20.9 Å². The fourth-order valence-electron chi connectivity index (χ4n) is 3.24. The number of nitrogens with two attached hydrogens (primary N) is 3. The molecule has 0 saturated carbocycles. The maximum atomic E-state index is 12.8. The van der Waals surface area contributed by atoms with Crippen LogP contribution in [-0.4, -0.2) is 89.2 Å². The summed E-state index contributed by atoms with van der Waals surface area (Å²) in [5.74, 6) is -3.04. The molecule has 13 nitrogen and oxygen atoms in total. The third kappa shape index (κ3) is 12.4. The van der Waals surface area contributed by atoms with Gasteiger partial charge in [0.2, 0.25) is 17.7 Å². The molecular formula is C23H37N7O6S. The average Bonchev–Trinajstić information content (AvgIpc) is 2.86. The fourth-order valence-corrected chi connectivity index (χ4v) is 3.72. The Balaban J connectivity index is 2.79. The summed E-state index contributed by atoms with van der Waals surface area (Å²) in [4.78, 5) is 53.5. The maximum Gasteiger partial charge on any atom is 0.326 e. The molecule has 0 bridgehead atoms. The molecule has 0 aliphatic rings. The highest BCUT2D eigenvalue weighted by Crippen LogP contribution is 2.06. The van der Waals surface area contributed by atoms with E-state index in [1.54, 1.807) is 0 Å². The number of carboxylic acids is 1. The largest absolute Gasteiger partial charge is 0.480 e. The van der Waals surface area contributed by atoms with Gasteiger partial charge in [-0.1, -0.05) is 30.3 Å². The third-order valence-corrected chi connectivity index (χ3v) is 5.90. The quantitative estimate of drug-likeness (QED) is 0.0609. The van der Waals surface area contributed by atoms with E-state index in [0.29, 0.717) is 12.2 Å². The van der Waals surface area contributed by atoms with E-state index < -0.39 is 54.5 Å². The molecule has 1 rings (SSSR count). The van der Waals surface area contributed by atoms with Gasteiger partial charge in [0.25, 0.3) is 0 Å². The number of hydrogen-bond acceptors (Lipinski definition) is 8. The molecule has 0 aliphatic heterocycles. The number of aliphatic hydroxyl groups excluding tert-OH is 1. The van der Waals surface area contributed by atoms with Crippen LogP contribution < -0.4 is 33.2 Å². The van der Waals surface area contributed by atoms with Crippen LogP contribution in [0.2, 0.25) is 0 Å². The maximum absolute atomic E-state index is 12.8. The number of carboxylic acid groups (broad SMARTS) is 1. The topological polar surface area (TPSA) is 235 Å². The molecule has 0 radical (unpaired) electrons. The number of nitrogens with zero attached hydrogens (tertiary/aromatic N) is 1. The van der Waals surface area contributed by atoms with Gasteiger partial charge in [-0.25, -0.2) is 4.79 Å². The van der Waals surface area contributed by atoms with Crippen LogP contribution in [-0.2, 0) is 25.6 Å². The van der Waals surface area contributed by atoms with E-state index in [-0.39, 0.29) is 31.8 Å². The van der Waals surface area contributed by atoms with Crippen molar-refractivity contribution in [2.45, 2.75) is 49.9 Å². The normalized spacial score (nSPS) is 13.9. The van der Waals surface area contributed by atoms with Crippen LogP contribution in [0.3, 0.4) is 0 Å². The number of aliphatic imine (C=N–C) groups is 1. The predicted molar refractivity (Wildman–Crippen MR) is 142 cm³/mol. The number of guanidine groups is 1. The number of rotatable bonds is 17. The molecule has 1 aromatic rings. The van der Waals surface area contributed by atoms with Crippen LogP contribution in [0.1, 0.15) is 24.8 Å². The second-order valence-electron chi connectivity index (χ2n) is 8.23. The Bertz CT molecular complexity index is 914. The van der Waals surface area contributed by atoms with Crippen molar-refractivity contribution >= 4 is 41.4 Å². The molecule has 0 spiro atoms. The Morgan fingerprint density at radius 2 is 1.54 bits per heavy atom. The standard InChI is InChI=1S/C23H37N7O6S/c1-37-11-9-16(20(33)29-17(22(35)36)8-5-10-27-23(25)26)28-21(34)18(13-31)30-19(32)15(24)12-14-6-3-2-4-7-14/h2-4,6-7,15-18,31H,5,8-13,24H2,1H3,(H,28,34)(H,29,33)(H,30,32)(H,35,36)(H4,25,26,27). The van der Waals surface area contributed by atoms with Crippen molar-refractivity contribution in [3.8, 4) is 0 Å². The minimum atomic E-state index is -1.35. The molecule has 1 aromatic carbocycles. The van der Waals surface area contributed by atoms with Crippen LogP contribution in [0.25, 0.3) is 0 Å².